The molecule has 5 heteroatoms. The van der Waals surface area contributed by atoms with Crippen molar-refractivity contribution in [2.75, 3.05) is 0 Å². The van der Waals surface area contributed by atoms with Crippen LogP contribution in [0.4, 0.5) is 0 Å². The van der Waals surface area contributed by atoms with Gasteiger partial charge < -0.3 is 5.11 Å². The van der Waals surface area contributed by atoms with Gasteiger partial charge >= 0.3 is 0 Å². The average Bonchev–Trinajstić information content (AvgIpc) is 2.73. The summed E-state index contributed by atoms with van der Waals surface area (Å²) in [4.78, 5) is 17.1. The second-order valence-electron chi connectivity index (χ2n) is 7.20. The first-order valence-corrected chi connectivity index (χ1v) is 8.54. The summed E-state index contributed by atoms with van der Waals surface area (Å²) in [6, 6.07) is 7.65. The number of hydrogen-bond acceptors (Lipinski definition) is 4. The van der Waals surface area contributed by atoms with Crippen molar-refractivity contribution in [3.63, 3.8) is 0 Å². The number of aromatic nitrogens is 1. The molecule has 3 rings (SSSR count). The van der Waals surface area contributed by atoms with Crippen molar-refractivity contribution in [1.82, 2.24) is 9.99 Å². The molecule has 0 aliphatic carbocycles. The van der Waals surface area contributed by atoms with E-state index in [1.54, 1.807) is 44.6 Å². The number of aryl methyl sites for hydroxylation is 3. The molecule has 0 unspecified atom stereocenters. The molecule has 0 atom stereocenters. The fourth-order valence-corrected chi connectivity index (χ4v) is 3.44. The zero-order valence-corrected chi connectivity index (χ0v) is 15.7. The molecule has 0 bridgehead atoms. The van der Waals surface area contributed by atoms with E-state index in [1.807, 2.05) is 32.9 Å². The maximum atomic E-state index is 13.1. The summed E-state index contributed by atoms with van der Waals surface area (Å²) in [7, 11) is 0. The molecule has 1 aromatic carbocycles. The van der Waals surface area contributed by atoms with Crippen molar-refractivity contribution >= 4 is 17.7 Å². The second kappa shape index (κ2) is 6.41. The van der Waals surface area contributed by atoms with Crippen LogP contribution in [0.5, 0.6) is 0 Å². The quantitative estimate of drug-likeness (QED) is 0.854. The molecule has 0 radical (unpaired) electrons. The number of aliphatic hydroxyl groups excluding tert-OH is 1. The molecule has 1 aliphatic rings. The van der Waals surface area contributed by atoms with Crippen LogP contribution < -0.4 is 0 Å². The van der Waals surface area contributed by atoms with Gasteiger partial charge in [-0.15, -0.1) is 0 Å². The molecule has 26 heavy (non-hydrogen) atoms. The number of pyridine rings is 1. The van der Waals surface area contributed by atoms with E-state index in [0.29, 0.717) is 5.57 Å². The molecule has 0 saturated heterocycles. The summed E-state index contributed by atoms with van der Waals surface area (Å²) in [5.74, 6) is -0.253. The molecule has 0 spiro atoms. The van der Waals surface area contributed by atoms with E-state index in [9.17, 15) is 9.90 Å². The van der Waals surface area contributed by atoms with Crippen molar-refractivity contribution in [1.29, 1.82) is 0 Å². The van der Waals surface area contributed by atoms with Gasteiger partial charge in [-0.2, -0.15) is 5.10 Å². The predicted octanol–water partition coefficient (Wildman–Crippen LogP) is 3.93. The number of carbonyl (C=O) groups is 1. The Bertz CT molecular complexity index is 905. The number of carbonyl (C=O) groups excluding carboxylic acids is 1. The number of hydrazone groups is 1. The Morgan fingerprint density at radius 3 is 2.27 bits per heavy atom. The smallest absolute Gasteiger partial charge is 0.279 e. The SMILES string of the molecule is Cc1cc(C)c(C2=C(O)C(C)(C)N(N=Cc3ccncc3)C2=O)c(C)c1. The summed E-state index contributed by atoms with van der Waals surface area (Å²) in [6.07, 6.45) is 4.93. The van der Waals surface area contributed by atoms with E-state index in [-0.39, 0.29) is 11.7 Å². The Labute approximate surface area is 153 Å². The molecule has 2 aromatic rings. The third-order valence-electron chi connectivity index (χ3n) is 4.71. The molecular formula is C21H23N3O2. The molecule has 1 aromatic heterocycles. The summed E-state index contributed by atoms with van der Waals surface area (Å²) >= 11 is 0. The first-order chi connectivity index (χ1) is 12.2. The number of aliphatic hydroxyl groups is 1. The average molecular weight is 349 g/mol. The lowest BCUT2D eigenvalue weighted by Gasteiger charge is -2.27. The predicted molar refractivity (Wildman–Crippen MR) is 103 cm³/mol. The summed E-state index contributed by atoms with van der Waals surface area (Å²) < 4.78 is 0. The largest absolute Gasteiger partial charge is 0.509 e. The molecule has 0 saturated carbocycles. The van der Waals surface area contributed by atoms with E-state index < -0.39 is 5.54 Å². The highest BCUT2D eigenvalue weighted by atomic mass is 16.3. The minimum atomic E-state index is -0.917. The molecule has 1 amide bonds. The van der Waals surface area contributed by atoms with Gasteiger partial charge in [0.2, 0.25) is 0 Å². The monoisotopic (exact) mass is 349 g/mol. The number of hydrogen-bond donors (Lipinski definition) is 1. The Morgan fingerprint density at radius 2 is 1.69 bits per heavy atom. The highest BCUT2D eigenvalue weighted by Crippen LogP contribution is 2.40. The zero-order chi connectivity index (χ0) is 19.1. The molecule has 0 fully saturated rings. The molecule has 1 aliphatic heterocycles. The van der Waals surface area contributed by atoms with Crippen LogP contribution in [0.15, 0.2) is 47.5 Å². The maximum absolute atomic E-state index is 13.1. The minimum Gasteiger partial charge on any atom is -0.509 e. The standard InChI is InChI=1S/C21H23N3O2/c1-13-10-14(2)17(15(3)11-13)18-19(25)21(4,5)24(20(18)26)23-12-16-6-8-22-9-7-16/h6-12,25H,1-5H3. The third kappa shape index (κ3) is 2.90. The number of nitrogens with zero attached hydrogens (tertiary/aromatic N) is 3. The lowest BCUT2D eigenvalue weighted by Crippen LogP contribution is -2.39. The fourth-order valence-electron chi connectivity index (χ4n) is 3.44. The van der Waals surface area contributed by atoms with Gasteiger partial charge in [0.05, 0.1) is 11.8 Å². The van der Waals surface area contributed by atoms with E-state index in [4.69, 9.17) is 0 Å². The van der Waals surface area contributed by atoms with Gasteiger partial charge in [-0.3, -0.25) is 9.78 Å². The summed E-state index contributed by atoms with van der Waals surface area (Å²) in [5.41, 5.74) is 4.09. The Hall–Kier alpha value is -2.95. The van der Waals surface area contributed by atoms with Crippen LogP contribution in [0.25, 0.3) is 5.57 Å². The molecule has 1 N–H and O–H groups in total. The third-order valence-corrected chi connectivity index (χ3v) is 4.71. The Kier molecular flexibility index (Phi) is 4.40. The van der Waals surface area contributed by atoms with Crippen LogP contribution in [0.1, 0.15) is 41.7 Å². The van der Waals surface area contributed by atoms with E-state index in [1.165, 1.54) is 5.01 Å². The Morgan fingerprint density at radius 1 is 1.12 bits per heavy atom. The van der Waals surface area contributed by atoms with Gasteiger partial charge in [-0.25, -0.2) is 5.01 Å². The number of rotatable bonds is 3. The van der Waals surface area contributed by atoms with Crippen molar-refractivity contribution in [3.8, 4) is 0 Å². The first kappa shape index (κ1) is 17.9. The van der Waals surface area contributed by atoms with Crippen LogP contribution in [0, 0.1) is 20.8 Å². The van der Waals surface area contributed by atoms with Crippen molar-refractivity contribution in [2.24, 2.45) is 5.10 Å². The van der Waals surface area contributed by atoms with Crippen molar-refractivity contribution < 1.29 is 9.90 Å². The zero-order valence-electron chi connectivity index (χ0n) is 15.7. The minimum absolute atomic E-state index is 0.0458. The normalized spacial score (nSPS) is 16.8. The van der Waals surface area contributed by atoms with Crippen LogP contribution in [-0.2, 0) is 4.79 Å². The fraction of sp³-hybridized carbons (Fsp3) is 0.286. The van der Waals surface area contributed by atoms with Crippen LogP contribution in [0.3, 0.4) is 0 Å². The summed E-state index contributed by atoms with van der Waals surface area (Å²) in [5, 5.41) is 16.6. The number of benzene rings is 1. The van der Waals surface area contributed by atoms with Gasteiger partial charge in [0.15, 0.2) is 0 Å². The topological polar surface area (TPSA) is 65.8 Å². The van der Waals surface area contributed by atoms with Gasteiger partial charge in [-0.05, 0) is 69.0 Å². The first-order valence-electron chi connectivity index (χ1n) is 8.54. The van der Waals surface area contributed by atoms with Gasteiger partial charge in [0, 0.05) is 12.4 Å². The lowest BCUT2D eigenvalue weighted by molar-refractivity contribution is -0.127. The second-order valence-corrected chi connectivity index (χ2v) is 7.20. The molecule has 134 valence electrons. The molecule has 5 nitrogen and oxygen atoms in total. The highest BCUT2D eigenvalue weighted by molar-refractivity contribution is 6.23. The molecule has 2 heterocycles. The van der Waals surface area contributed by atoms with Crippen LogP contribution in [0.2, 0.25) is 0 Å². The van der Waals surface area contributed by atoms with Crippen molar-refractivity contribution in [2.45, 2.75) is 40.2 Å². The van der Waals surface area contributed by atoms with Gasteiger partial charge in [0.25, 0.3) is 5.91 Å². The van der Waals surface area contributed by atoms with Crippen molar-refractivity contribution in [3.05, 3.63) is 70.2 Å². The van der Waals surface area contributed by atoms with E-state index >= 15 is 0 Å². The maximum Gasteiger partial charge on any atom is 0.279 e. The lowest BCUT2D eigenvalue weighted by atomic mass is 9.91. The van der Waals surface area contributed by atoms with Gasteiger partial charge in [-0.1, -0.05) is 17.7 Å². The molecular weight excluding hydrogens is 326 g/mol. The van der Waals surface area contributed by atoms with Crippen LogP contribution >= 0.6 is 0 Å². The van der Waals surface area contributed by atoms with Gasteiger partial charge in [0.1, 0.15) is 11.3 Å². The van der Waals surface area contributed by atoms with E-state index in [0.717, 1.165) is 27.8 Å². The number of amides is 1. The highest BCUT2D eigenvalue weighted by Gasteiger charge is 2.47. The van der Waals surface area contributed by atoms with Crippen LogP contribution in [-0.4, -0.2) is 32.8 Å². The Balaban J connectivity index is 2.05. The van der Waals surface area contributed by atoms with E-state index in [2.05, 4.69) is 10.1 Å². The summed E-state index contributed by atoms with van der Waals surface area (Å²) in [6.45, 7) is 9.51.